The van der Waals surface area contributed by atoms with Gasteiger partial charge in [0.25, 0.3) is 0 Å². The smallest absolute Gasteiger partial charge is 0.316 e. The summed E-state index contributed by atoms with van der Waals surface area (Å²) in [5.74, 6) is -0.0521. The van der Waals surface area contributed by atoms with Crippen molar-refractivity contribution in [3.63, 3.8) is 0 Å². The first-order valence-corrected chi connectivity index (χ1v) is 7.26. The number of ether oxygens (including phenoxy) is 1. The van der Waals surface area contributed by atoms with E-state index in [0.29, 0.717) is 0 Å². The number of esters is 1. The fraction of sp³-hybridized carbons (Fsp3) is 0.857. The predicted molar refractivity (Wildman–Crippen MR) is 56.8 cm³/mol. The highest BCUT2D eigenvalue weighted by Gasteiger charge is 2.10. The van der Waals surface area contributed by atoms with Crippen molar-refractivity contribution in [3.05, 3.63) is 0 Å². The normalized spacial score (nSPS) is 13.6. The molecule has 0 aliphatic heterocycles. The van der Waals surface area contributed by atoms with E-state index in [-0.39, 0.29) is 18.3 Å². The van der Waals surface area contributed by atoms with Crippen molar-refractivity contribution in [3.8, 4) is 0 Å². The summed E-state index contributed by atoms with van der Waals surface area (Å²) in [5, 5.41) is 0. The van der Waals surface area contributed by atoms with Gasteiger partial charge in [-0.05, 0) is 13.2 Å². The summed E-state index contributed by atoms with van der Waals surface area (Å²) < 4.78 is 28.5. The summed E-state index contributed by atoms with van der Waals surface area (Å²) in [6.07, 6.45) is 2.41. The average Bonchev–Trinajstić information content (AvgIpc) is 2.00. The lowest BCUT2D eigenvalue weighted by Gasteiger charge is -2.12. The van der Waals surface area contributed by atoms with Crippen molar-refractivity contribution in [2.75, 3.05) is 24.8 Å². The highest BCUT2D eigenvalue weighted by Crippen LogP contribution is 1.97. The van der Waals surface area contributed by atoms with Gasteiger partial charge in [0.15, 0.2) is 0 Å². The quantitative estimate of drug-likeness (QED) is 0.654. The molecular weight excluding hydrogens is 226 g/mol. The van der Waals surface area contributed by atoms with Gasteiger partial charge in [0.2, 0.25) is 10.0 Å². The maximum absolute atomic E-state index is 11.0. The zero-order valence-corrected chi connectivity index (χ0v) is 10.1. The van der Waals surface area contributed by atoms with Crippen molar-refractivity contribution in [1.29, 1.82) is 0 Å². The van der Waals surface area contributed by atoms with Crippen LogP contribution in [0.15, 0.2) is 0 Å². The number of carbonyl (C=O) groups excluding carboxylic acids is 1. The largest absolute Gasteiger partial charge is 0.461 e. The first-order valence-electron chi connectivity index (χ1n) is 3.98. The molecule has 1 N–H and O–H groups in total. The zero-order chi connectivity index (χ0) is 11.2. The molecule has 0 heterocycles. The van der Waals surface area contributed by atoms with E-state index < -0.39 is 16.1 Å². The minimum atomic E-state index is -3.21. The Morgan fingerprint density at radius 3 is 2.57 bits per heavy atom. The second-order valence-corrected chi connectivity index (χ2v) is 5.55. The molecule has 14 heavy (non-hydrogen) atoms. The Kier molecular flexibility index (Phi) is 6.14. The van der Waals surface area contributed by atoms with Gasteiger partial charge in [0.05, 0.1) is 12.0 Å². The third-order valence-corrected chi connectivity index (χ3v) is 2.44. The third kappa shape index (κ3) is 8.33. The van der Waals surface area contributed by atoms with Gasteiger partial charge in [-0.3, -0.25) is 4.79 Å². The second-order valence-electron chi connectivity index (χ2n) is 2.85. The topological polar surface area (TPSA) is 72.5 Å². The zero-order valence-electron chi connectivity index (χ0n) is 8.44. The van der Waals surface area contributed by atoms with E-state index in [2.05, 4.69) is 4.72 Å². The molecule has 0 amide bonds. The predicted octanol–water partition coefficient (Wildman–Crippen LogP) is -0.170. The van der Waals surface area contributed by atoms with Crippen LogP contribution in [0.3, 0.4) is 0 Å². The first-order chi connectivity index (χ1) is 6.35. The van der Waals surface area contributed by atoms with E-state index in [1.807, 2.05) is 0 Å². The lowest BCUT2D eigenvalue weighted by Crippen LogP contribution is -2.32. The monoisotopic (exact) mass is 241 g/mol. The van der Waals surface area contributed by atoms with Crippen molar-refractivity contribution in [2.24, 2.45) is 0 Å². The van der Waals surface area contributed by atoms with Gasteiger partial charge in [-0.15, -0.1) is 0 Å². The van der Waals surface area contributed by atoms with Crippen LogP contribution in [0.1, 0.15) is 6.92 Å². The van der Waals surface area contributed by atoms with Crippen molar-refractivity contribution in [2.45, 2.75) is 13.0 Å². The van der Waals surface area contributed by atoms with Gasteiger partial charge in [0.1, 0.15) is 6.10 Å². The molecule has 0 bridgehead atoms. The average molecular weight is 241 g/mol. The highest BCUT2D eigenvalue weighted by molar-refractivity contribution is 7.99. The minimum Gasteiger partial charge on any atom is -0.461 e. The van der Waals surface area contributed by atoms with Crippen LogP contribution in [-0.4, -0.2) is 45.3 Å². The van der Waals surface area contributed by atoms with Crippen molar-refractivity contribution >= 4 is 27.8 Å². The van der Waals surface area contributed by atoms with E-state index in [1.54, 1.807) is 13.2 Å². The Morgan fingerprint density at radius 1 is 1.57 bits per heavy atom. The van der Waals surface area contributed by atoms with Gasteiger partial charge in [-0.25, -0.2) is 13.1 Å². The van der Waals surface area contributed by atoms with E-state index in [4.69, 9.17) is 4.74 Å². The number of carbonyl (C=O) groups is 1. The summed E-state index contributed by atoms with van der Waals surface area (Å²) in [4.78, 5) is 11.0. The van der Waals surface area contributed by atoms with Crippen molar-refractivity contribution < 1.29 is 17.9 Å². The summed E-state index contributed by atoms with van der Waals surface area (Å²) in [5.41, 5.74) is 0. The Labute approximate surface area is 88.6 Å². The van der Waals surface area contributed by atoms with Gasteiger partial charge < -0.3 is 4.74 Å². The maximum atomic E-state index is 11.0. The van der Waals surface area contributed by atoms with Crippen LogP contribution in [0, 0.1) is 0 Å². The van der Waals surface area contributed by atoms with Crippen LogP contribution in [0.25, 0.3) is 0 Å². The molecule has 0 unspecified atom stereocenters. The molecule has 0 aromatic rings. The number of nitrogens with one attached hydrogen (secondary N) is 1. The molecule has 0 rings (SSSR count). The number of thioether (sulfide) groups is 1. The molecule has 0 saturated carbocycles. The molecule has 0 aromatic carbocycles. The standard InChI is InChI=1S/C7H15NO4S2/c1-6(4-8-14(3,10)11)12-7(9)5-13-2/h6,8H,4-5H2,1-3H3/t6-/m0/s1. The molecule has 84 valence electrons. The lowest BCUT2D eigenvalue weighted by atomic mass is 10.4. The molecule has 5 nitrogen and oxygen atoms in total. The van der Waals surface area contributed by atoms with Crippen molar-refractivity contribution in [1.82, 2.24) is 4.72 Å². The van der Waals surface area contributed by atoms with E-state index in [1.165, 1.54) is 11.8 Å². The van der Waals surface area contributed by atoms with E-state index in [9.17, 15) is 13.2 Å². The maximum Gasteiger partial charge on any atom is 0.316 e. The fourth-order valence-electron chi connectivity index (χ4n) is 0.687. The van der Waals surface area contributed by atoms with Gasteiger partial charge in [-0.2, -0.15) is 11.8 Å². The highest BCUT2D eigenvalue weighted by atomic mass is 32.2. The van der Waals surface area contributed by atoms with Crippen LogP contribution < -0.4 is 4.72 Å². The van der Waals surface area contributed by atoms with Crippen LogP contribution in [0.2, 0.25) is 0 Å². The molecule has 0 saturated heterocycles. The first kappa shape index (κ1) is 13.7. The minimum absolute atomic E-state index is 0.110. The van der Waals surface area contributed by atoms with Crippen LogP contribution >= 0.6 is 11.8 Å². The Morgan fingerprint density at radius 2 is 2.14 bits per heavy atom. The fourth-order valence-corrected chi connectivity index (χ4v) is 1.53. The summed E-state index contributed by atoms with van der Waals surface area (Å²) >= 11 is 1.36. The molecule has 1 atom stereocenters. The lowest BCUT2D eigenvalue weighted by molar-refractivity contribution is -0.144. The van der Waals surface area contributed by atoms with Gasteiger partial charge in [-0.1, -0.05) is 0 Å². The summed E-state index contributed by atoms with van der Waals surface area (Å²) in [6, 6.07) is 0. The Bertz CT molecular complexity index is 275. The van der Waals surface area contributed by atoms with Crippen LogP contribution in [0.5, 0.6) is 0 Å². The second kappa shape index (κ2) is 6.26. The number of rotatable bonds is 6. The number of hydrogen-bond donors (Lipinski definition) is 1. The molecular formula is C7H15NO4S2. The number of hydrogen-bond acceptors (Lipinski definition) is 5. The van der Waals surface area contributed by atoms with E-state index in [0.717, 1.165) is 6.26 Å². The molecule has 0 radical (unpaired) electrons. The van der Waals surface area contributed by atoms with Gasteiger partial charge in [0, 0.05) is 6.54 Å². The molecule has 0 aliphatic carbocycles. The molecule has 0 spiro atoms. The molecule has 0 aliphatic rings. The summed E-state index contributed by atoms with van der Waals surface area (Å²) in [6.45, 7) is 1.75. The third-order valence-electron chi connectivity index (χ3n) is 1.23. The number of sulfonamides is 1. The Hall–Kier alpha value is -0.270. The van der Waals surface area contributed by atoms with E-state index >= 15 is 0 Å². The summed E-state index contributed by atoms with van der Waals surface area (Å²) in [7, 11) is -3.21. The molecule has 0 aromatic heterocycles. The van der Waals surface area contributed by atoms with Crippen LogP contribution in [0.4, 0.5) is 0 Å². The Balaban J connectivity index is 3.76. The SMILES string of the molecule is CSCC(=O)O[C@@H](C)CNS(C)(=O)=O. The van der Waals surface area contributed by atoms with Gasteiger partial charge >= 0.3 is 5.97 Å². The van der Waals surface area contributed by atoms with Crippen LogP contribution in [-0.2, 0) is 19.6 Å². The molecule has 0 fully saturated rings. The molecule has 7 heteroatoms.